The second-order valence-corrected chi connectivity index (χ2v) is 5.58. The lowest BCUT2D eigenvalue weighted by atomic mass is 10.1. The quantitative estimate of drug-likeness (QED) is 0.903. The zero-order valence-corrected chi connectivity index (χ0v) is 12.1. The van der Waals surface area contributed by atoms with Crippen molar-refractivity contribution >= 4 is 40.5 Å². The van der Waals surface area contributed by atoms with Crippen LogP contribution in [0.2, 0.25) is 10.0 Å². The molecule has 0 spiro atoms. The molecule has 2 rings (SSSR count). The topological polar surface area (TPSA) is 46.5 Å². The summed E-state index contributed by atoms with van der Waals surface area (Å²) in [6.45, 7) is -0.444. The normalized spacial score (nSPS) is 10.4. The fraction of sp³-hybridized carbons (Fsp3) is 0.154. The second kappa shape index (κ2) is 6.28. The van der Waals surface area contributed by atoms with Crippen LogP contribution in [-0.2, 0) is 11.2 Å². The number of thiophene rings is 1. The number of ether oxygens (including phenoxy) is 1. The maximum Gasteiger partial charge on any atom is 0.341 e. The second-order valence-electron chi connectivity index (χ2n) is 3.79. The Bertz CT molecular complexity index is 582. The van der Waals surface area contributed by atoms with Crippen LogP contribution in [0.4, 0.5) is 0 Å². The largest absolute Gasteiger partial charge is 0.480 e. The highest BCUT2D eigenvalue weighted by Gasteiger charge is 2.12. The van der Waals surface area contributed by atoms with Crippen molar-refractivity contribution < 1.29 is 14.6 Å². The number of benzene rings is 1. The molecule has 0 unspecified atom stereocenters. The van der Waals surface area contributed by atoms with Crippen LogP contribution in [0.1, 0.15) is 10.4 Å². The summed E-state index contributed by atoms with van der Waals surface area (Å²) in [7, 11) is 0. The third-order valence-electron chi connectivity index (χ3n) is 2.42. The Morgan fingerprint density at radius 2 is 2.05 bits per heavy atom. The van der Waals surface area contributed by atoms with E-state index in [-0.39, 0.29) is 10.8 Å². The minimum atomic E-state index is -1.06. The fourth-order valence-electron chi connectivity index (χ4n) is 1.56. The summed E-state index contributed by atoms with van der Waals surface area (Å²) >= 11 is 13.9. The van der Waals surface area contributed by atoms with Gasteiger partial charge in [0.2, 0.25) is 0 Å². The molecule has 3 nitrogen and oxygen atoms in total. The van der Waals surface area contributed by atoms with Gasteiger partial charge in [-0.2, -0.15) is 0 Å². The van der Waals surface area contributed by atoms with Gasteiger partial charge in [-0.15, -0.1) is 11.3 Å². The predicted octanol–water partition coefficient (Wildman–Crippen LogP) is 4.11. The first-order chi connectivity index (χ1) is 9.08. The summed E-state index contributed by atoms with van der Waals surface area (Å²) in [5, 5.41) is 11.2. The summed E-state index contributed by atoms with van der Waals surface area (Å²) in [5.74, 6) is -0.779. The number of halogens is 2. The molecule has 100 valence electrons. The van der Waals surface area contributed by atoms with Crippen LogP contribution in [0.25, 0.3) is 0 Å². The van der Waals surface area contributed by atoms with E-state index in [2.05, 4.69) is 0 Å². The summed E-state index contributed by atoms with van der Waals surface area (Å²) in [4.78, 5) is 11.6. The van der Waals surface area contributed by atoms with Gasteiger partial charge in [0, 0.05) is 11.3 Å². The number of carboxylic acid groups (broad SMARTS) is 1. The van der Waals surface area contributed by atoms with Crippen molar-refractivity contribution in [3.8, 4) is 5.75 Å². The van der Waals surface area contributed by atoms with Gasteiger partial charge in [-0.25, -0.2) is 4.79 Å². The molecule has 0 bridgehead atoms. The summed E-state index contributed by atoms with van der Waals surface area (Å²) in [6.07, 6.45) is 0.690. The molecule has 0 aliphatic rings. The Hall–Kier alpha value is -1.23. The third kappa shape index (κ3) is 3.62. The fourth-order valence-corrected chi connectivity index (χ4v) is 2.75. The van der Waals surface area contributed by atoms with Gasteiger partial charge in [0.05, 0.1) is 5.02 Å². The van der Waals surface area contributed by atoms with Crippen LogP contribution >= 0.6 is 34.5 Å². The molecule has 1 heterocycles. The molecule has 19 heavy (non-hydrogen) atoms. The maximum absolute atomic E-state index is 10.4. The summed E-state index contributed by atoms with van der Waals surface area (Å²) < 4.78 is 5.06. The van der Waals surface area contributed by atoms with Crippen molar-refractivity contribution in [3.63, 3.8) is 0 Å². The van der Waals surface area contributed by atoms with E-state index in [0.717, 1.165) is 5.56 Å². The summed E-state index contributed by atoms with van der Waals surface area (Å²) in [6, 6.07) is 7.43. The van der Waals surface area contributed by atoms with E-state index in [4.69, 9.17) is 33.0 Å². The average Bonchev–Trinajstić information content (AvgIpc) is 2.87. The lowest BCUT2D eigenvalue weighted by molar-refractivity contribution is -0.139. The molecule has 2 aromatic rings. The van der Waals surface area contributed by atoms with Crippen LogP contribution in [0.5, 0.6) is 5.75 Å². The van der Waals surface area contributed by atoms with E-state index in [9.17, 15) is 4.79 Å². The Balaban J connectivity index is 2.19. The van der Waals surface area contributed by atoms with Crippen molar-refractivity contribution in [1.29, 1.82) is 0 Å². The zero-order chi connectivity index (χ0) is 13.8. The van der Waals surface area contributed by atoms with Crippen molar-refractivity contribution in [2.45, 2.75) is 6.42 Å². The van der Waals surface area contributed by atoms with Gasteiger partial charge < -0.3 is 9.84 Å². The van der Waals surface area contributed by atoms with Crippen LogP contribution in [0.3, 0.4) is 0 Å². The molecule has 0 amide bonds. The molecule has 1 aromatic carbocycles. The lowest BCUT2D eigenvalue weighted by Gasteiger charge is -2.10. The number of hydrogen-bond acceptors (Lipinski definition) is 3. The number of hydrogen-bond donors (Lipinski definition) is 1. The highest BCUT2D eigenvalue weighted by Crippen LogP contribution is 2.36. The van der Waals surface area contributed by atoms with Gasteiger partial charge in [-0.1, -0.05) is 35.3 Å². The molecule has 0 fully saturated rings. The minimum absolute atomic E-state index is 0.247. The van der Waals surface area contributed by atoms with E-state index < -0.39 is 12.6 Å². The third-order valence-corrected chi connectivity index (χ3v) is 4.20. The predicted molar refractivity (Wildman–Crippen MR) is 76.7 cm³/mol. The highest BCUT2D eigenvalue weighted by molar-refractivity contribution is 7.09. The zero-order valence-electron chi connectivity index (χ0n) is 9.73. The Morgan fingerprint density at radius 3 is 2.68 bits per heavy atom. The average molecular weight is 317 g/mol. The van der Waals surface area contributed by atoms with E-state index in [1.807, 2.05) is 17.5 Å². The molecule has 6 heteroatoms. The first-order valence-electron chi connectivity index (χ1n) is 5.42. The van der Waals surface area contributed by atoms with Gasteiger partial charge in [0.25, 0.3) is 0 Å². The van der Waals surface area contributed by atoms with Crippen molar-refractivity contribution in [2.24, 2.45) is 0 Å². The standard InChI is InChI=1S/C13H10Cl2O3S/c14-12-8(6-9-2-1-5-19-9)3-4-10(13(12)15)18-7-11(16)17/h1-5H,6-7H2,(H,16,17). The number of rotatable bonds is 5. The number of carboxylic acids is 1. The highest BCUT2D eigenvalue weighted by atomic mass is 35.5. The minimum Gasteiger partial charge on any atom is -0.480 e. The monoisotopic (exact) mass is 316 g/mol. The van der Waals surface area contributed by atoms with Gasteiger partial charge >= 0.3 is 5.97 Å². The van der Waals surface area contributed by atoms with E-state index in [1.54, 1.807) is 23.5 Å². The molecule has 0 aliphatic carbocycles. The van der Waals surface area contributed by atoms with Crippen LogP contribution in [-0.4, -0.2) is 17.7 Å². The Morgan fingerprint density at radius 1 is 1.26 bits per heavy atom. The molecular formula is C13H10Cl2O3S. The Labute approximate surface area is 124 Å². The van der Waals surface area contributed by atoms with Gasteiger partial charge in [-0.3, -0.25) is 0 Å². The summed E-state index contributed by atoms with van der Waals surface area (Å²) in [5.41, 5.74) is 0.886. The lowest BCUT2D eigenvalue weighted by Crippen LogP contribution is -2.09. The first kappa shape index (κ1) is 14.2. The molecule has 0 saturated carbocycles. The van der Waals surface area contributed by atoms with Crippen LogP contribution in [0, 0.1) is 0 Å². The van der Waals surface area contributed by atoms with Crippen molar-refractivity contribution in [1.82, 2.24) is 0 Å². The van der Waals surface area contributed by atoms with Crippen LogP contribution < -0.4 is 4.74 Å². The molecule has 0 atom stereocenters. The van der Waals surface area contributed by atoms with E-state index >= 15 is 0 Å². The van der Waals surface area contributed by atoms with Gasteiger partial charge in [0.1, 0.15) is 10.8 Å². The van der Waals surface area contributed by atoms with Crippen molar-refractivity contribution in [3.05, 3.63) is 50.1 Å². The van der Waals surface area contributed by atoms with Gasteiger partial charge in [-0.05, 0) is 23.1 Å². The molecule has 0 radical (unpaired) electrons. The number of carbonyl (C=O) groups is 1. The van der Waals surface area contributed by atoms with E-state index in [0.29, 0.717) is 11.4 Å². The van der Waals surface area contributed by atoms with Crippen LogP contribution in [0.15, 0.2) is 29.6 Å². The number of aliphatic carboxylic acids is 1. The van der Waals surface area contributed by atoms with E-state index in [1.165, 1.54) is 4.88 Å². The molecule has 1 aromatic heterocycles. The SMILES string of the molecule is O=C(O)COc1ccc(Cc2cccs2)c(Cl)c1Cl. The van der Waals surface area contributed by atoms with Crippen molar-refractivity contribution in [2.75, 3.05) is 6.61 Å². The Kier molecular flexibility index (Phi) is 4.69. The molecular weight excluding hydrogens is 307 g/mol. The molecule has 0 saturated heterocycles. The first-order valence-corrected chi connectivity index (χ1v) is 7.05. The smallest absolute Gasteiger partial charge is 0.341 e. The molecule has 0 aliphatic heterocycles. The van der Waals surface area contributed by atoms with Gasteiger partial charge in [0.15, 0.2) is 6.61 Å². The maximum atomic E-state index is 10.4. The molecule has 1 N–H and O–H groups in total.